The number of Topliss-reactive ketones (excluding diaryl/α,β-unsaturated/α-hetero) is 1. The fraction of sp³-hybridized carbons (Fsp3) is 0.294. The molecule has 1 N–H and O–H groups in total. The molecule has 0 atom stereocenters. The number of rotatable bonds is 1. The van der Waals surface area contributed by atoms with Crippen molar-refractivity contribution in [2.24, 2.45) is 5.41 Å². The van der Waals surface area contributed by atoms with Gasteiger partial charge in [-0.3, -0.25) is 14.2 Å². The van der Waals surface area contributed by atoms with Crippen molar-refractivity contribution < 1.29 is 9.90 Å². The lowest BCUT2D eigenvalue weighted by molar-refractivity contribution is 0.0905. The van der Waals surface area contributed by atoms with Gasteiger partial charge in [-0.2, -0.15) is 0 Å². The first-order valence-corrected chi connectivity index (χ1v) is 7.43. The van der Waals surface area contributed by atoms with Crippen molar-refractivity contribution >= 4 is 17.4 Å². The van der Waals surface area contributed by atoms with Crippen LogP contribution in [-0.2, 0) is 6.42 Å². The number of fused-ring (bicyclic) bond motifs is 1. The Balaban J connectivity index is 2.32. The highest BCUT2D eigenvalue weighted by atomic mass is 35.5. The Bertz CT molecular complexity index is 819. The molecule has 1 aliphatic carbocycles. The van der Waals surface area contributed by atoms with Crippen LogP contribution in [0.5, 0.6) is 5.75 Å². The largest absolute Gasteiger partial charge is 0.507 e. The Morgan fingerprint density at radius 3 is 2.41 bits per heavy atom. The van der Waals surface area contributed by atoms with E-state index in [1.807, 2.05) is 13.8 Å². The molecule has 5 heteroatoms. The van der Waals surface area contributed by atoms with Crippen molar-refractivity contribution in [2.75, 3.05) is 0 Å². The van der Waals surface area contributed by atoms with Gasteiger partial charge in [-0.05, 0) is 36.1 Å². The molecule has 2 aromatic rings. The lowest BCUT2D eigenvalue weighted by Gasteiger charge is -2.32. The van der Waals surface area contributed by atoms with Gasteiger partial charge in [0.15, 0.2) is 5.78 Å². The molecule has 0 unspecified atom stereocenters. The molecule has 114 valence electrons. The summed E-state index contributed by atoms with van der Waals surface area (Å²) in [5.41, 5.74) is 0.848. The molecule has 0 saturated heterocycles. The first kappa shape index (κ1) is 14.9. The first-order valence-electron chi connectivity index (χ1n) is 7.05. The van der Waals surface area contributed by atoms with Crippen LogP contribution >= 0.6 is 11.6 Å². The van der Waals surface area contributed by atoms with Gasteiger partial charge < -0.3 is 5.11 Å². The van der Waals surface area contributed by atoms with Crippen LogP contribution in [0.15, 0.2) is 35.1 Å². The molecule has 0 saturated carbocycles. The van der Waals surface area contributed by atoms with Crippen LogP contribution in [0.25, 0.3) is 5.69 Å². The number of hydrogen-bond donors (Lipinski definition) is 1. The van der Waals surface area contributed by atoms with Crippen LogP contribution < -0.4 is 5.56 Å². The smallest absolute Gasteiger partial charge is 0.259 e. The molecule has 0 bridgehead atoms. The fourth-order valence-corrected chi connectivity index (χ4v) is 3.16. The average molecular weight is 318 g/mol. The van der Waals surface area contributed by atoms with Gasteiger partial charge in [0.1, 0.15) is 5.75 Å². The summed E-state index contributed by atoms with van der Waals surface area (Å²) >= 11 is 5.89. The van der Waals surface area contributed by atoms with Crippen molar-refractivity contribution in [1.29, 1.82) is 0 Å². The lowest BCUT2D eigenvalue weighted by atomic mass is 9.75. The minimum atomic E-state index is -0.357. The van der Waals surface area contributed by atoms with Crippen LogP contribution in [0.3, 0.4) is 0 Å². The van der Waals surface area contributed by atoms with Gasteiger partial charge in [0.2, 0.25) is 0 Å². The van der Waals surface area contributed by atoms with Gasteiger partial charge in [0, 0.05) is 28.9 Å². The molecule has 1 heterocycles. The number of carbonyl (C=O) groups is 1. The molecular weight excluding hydrogens is 302 g/mol. The lowest BCUT2D eigenvalue weighted by Crippen LogP contribution is -2.34. The van der Waals surface area contributed by atoms with E-state index in [0.717, 1.165) is 6.07 Å². The monoisotopic (exact) mass is 317 g/mol. The molecule has 1 aromatic carbocycles. The summed E-state index contributed by atoms with van der Waals surface area (Å²) < 4.78 is 1.49. The summed E-state index contributed by atoms with van der Waals surface area (Å²) in [6, 6.07) is 7.95. The predicted octanol–water partition coefficient (Wildman–Crippen LogP) is 3.35. The summed E-state index contributed by atoms with van der Waals surface area (Å²) in [5, 5.41) is 10.6. The van der Waals surface area contributed by atoms with E-state index in [2.05, 4.69) is 0 Å². The molecule has 1 aliphatic rings. The Hall–Kier alpha value is -2.07. The van der Waals surface area contributed by atoms with Gasteiger partial charge in [0.05, 0.1) is 5.56 Å². The molecule has 0 amide bonds. The second kappa shape index (κ2) is 4.99. The highest BCUT2D eigenvalue weighted by molar-refractivity contribution is 6.30. The van der Waals surface area contributed by atoms with E-state index in [1.54, 1.807) is 24.3 Å². The van der Waals surface area contributed by atoms with Gasteiger partial charge in [-0.15, -0.1) is 0 Å². The Labute approximate surface area is 133 Å². The molecule has 1 aromatic heterocycles. The summed E-state index contributed by atoms with van der Waals surface area (Å²) in [6.45, 7) is 3.96. The number of benzene rings is 1. The Morgan fingerprint density at radius 2 is 1.77 bits per heavy atom. The van der Waals surface area contributed by atoms with Crippen LogP contribution in [-0.4, -0.2) is 15.5 Å². The maximum absolute atomic E-state index is 12.4. The van der Waals surface area contributed by atoms with Crippen molar-refractivity contribution in [3.63, 3.8) is 0 Å². The number of carbonyl (C=O) groups excluding carboxylic acids is 1. The second-order valence-electron chi connectivity index (χ2n) is 6.44. The molecule has 0 spiro atoms. The van der Waals surface area contributed by atoms with E-state index in [-0.39, 0.29) is 28.1 Å². The predicted molar refractivity (Wildman–Crippen MR) is 85.1 cm³/mol. The van der Waals surface area contributed by atoms with E-state index in [4.69, 9.17) is 11.6 Å². The summed E-state index contributed by atoms with van der Waals surface area (Å²) in [5.74, 6) is -0.364. The van der Waals surface area contributed by atoms with E-state index >= 15 is 0 Å². The van der Waals surface area contributed by atoms with Gasteiger partial charge in [0.25, 0.3) is 5.56 Å². The normalized spacial score (nSPS) is 16.4. The Morgan fingerprint density at radius 1 is 1.14 bits per heavy atom. The average Bonchev–Trinajstić information content (AvgIpc) is 2.38. The minimum absolute atomic E-state index is 0.133. The molecule has 22 heavy (non-hydrogen) atoms. The van der Waals surface area contributed by atoms with Gasteiger partial charge in [-0.1, -0.05) is 25.4 Å². The molecule has 0 fully saturated rings. The third-order valence-corrected chi connectivity index (χ3v) is 4.20. The molecule has 0 aliphatic heterocycles. The maximum atomic E-state index is 12.4. The zero-order chi connectivity index (χ0) is 16.1. The zero-order valence-electron chi connectivity index (χ0n) is 12.4. The minimum Gasteiger partial charge on any atom is -0.507 e. The molecule has 3 rings (SSSR count). The number of aromatic nitrogens is 1. The topological polar surface area (TPSA) is 59.3 Å². The summed E-state index contributed by atoms with van der Waals surface area (Å²) in [6.07, 6.45) is 0.896. The quantitative estimate of drug-likeness (QED) is 0.877. The van der Waals surface area contributed by atoms with Crippen molar-refractivity contribution in [3.05, 3.63) is 57.0 Å². The summed E-state index contributed by atoms with van der Waals surface area (Å²) in [4.78, 5) is 24.7. The zero-order valence-corrected chi connectivity index (χ0v) is 13.1. The van der Waals surface area contributed by atoms with E-state index in [9.17, 15) is 14.7 Å². The third-order valence-electron chi connectivity index (χ3n) is 3.94. The molecule has 0 radical (unpaired) electrons. The van der Waals surface area contributed by atoms with Crippen LogP contribution in [0, 0.1) is 5.41 Å². The third kappa shape index (κ3) is 2.44. The van der Waals surface area contributed by atoms with Crippen molar-refractivity contribution in [3.8, 4) is 11.4 Å². The maximum Gasteiger partial charge on any atom is 0.259 e. The van der Waals surface area contributed by atoms with Crippen molar-refractivity contribution in [1.82, 2.24) is 4.57 Å². The number of aromatic hydroxyl groups is 1. The van der Waals surface area contributed by atoms with E-state index in [1.165, 1.54) is 4.57 Å². The molecule has 4 nitrogen and oxygen atoms in total. The van der Waals surface area contributed by atoms with Crippen molar-refractivity contribution in [2.45, 2.75) is 26.7 Å². The first-order chi connectivity index (χ1) is 10.3. The number of hydrogen-bond acceptors (Lipinski definition) is 3. The van der Waals surface area contributed by atoms with E-state index < -0.39 is 0 Å². The van der Waals surface area contributed by atoms with Crippen LogP contribution in [0.2, 0.25) is 5.02 Å². The van der Waals surface area contributed by atoms with Gasteiger partial charge >= 0.3 is 0 Å². The van der Waals surface area contributed by atoms with Crippen LogP contribution in [0.1, 0.15) is 36.3 Å². The number of nitrogens with zero attached hydrogens (tertiary/aromatic N) is 1. The number of halogens is 1. The van der Waals surface area contributed by atoms with Crippen LogP contribution in [0.4, 0.5) is 0 Å². The second-order valence-corrected chi connectivity index (χ2v) is 6.88. The van der Waals surface area contributed by atoms with Gasteiger partial charge in [-0.25, -0.2) is 0 Å². The number of ketones is 1. The fourth-order valence-electron chi connectivity index (χ4n) is 3.03. The standard InChI is InChI=1S/C17H16ClNO3/c1-17(2)8-12-16(14(21)9-17)13(20)7-15(22)19(12)11-5-3-10(18)4-6-11/h3-7,20H,8-9H2,1-2H3. The highest BCUT2D eigenvalue weighted by Gasteiger charge is 2.35. The highest BCUT2D eigenvalue weighted by Crippen LogP contribution is 2.38. The number of pyridine rings is 1. The van der Waals surface area contributed by atoms with E-state index in [0.29, 0.717) is 29.2 Å². The SMILES string of the molecule is CC1(C)CC(=O)c2c(O)cc(=O)n(-c3ccc(Cl)cc3)c2C1. The summed E-state index contributed by atoms with van der Waals surface area (Å²) in [7, 11) is 0. The Kier molecular flexibility index (Phi) is 3.37. The molecular formula is C17H16ClNO3.